The summed E-state index contributed by atoms with van der Waals surface area (Å²) in [6.45, 7) is 9.12. The summed E-state index contributed by atoms with van der Waals surface area (Å²) in [4.78, 5) is 31.8. The monoisotopic (exact) mass is 519 g/mol. The minimum atomic E-state index is -1.37. The second kappa shape index (κ2) is 17.5. The lowest BCUT2D eigenvalue weighted by molar-refractivity contribution is -0.142. The van der Waals surface area contributed by atoms with Crippen LogP contribution in [0, 0.1) is 11.8 Å². The highest BCUT2D eigenvalue weighted by Crippen LogP contribution is 2.19. The number of fused-ring (bicyclic) bond motifs is 1. The van der Waals surface area contributed by atoms with E-state index in [-0.39, 0.29) is 11.8 Å². The highest BCUT2D eigenvalue weighted by Gasteiger charge is 2.19. The number of carbonyl (C=O) groups excluding carboxylic acids is 1. The van der Waals surface area contributed by atoms with Gasteiger partial charge in [0.05, 0.1) is 0 Å². The van der Waals surface area contributed by atoms with Gasteiger partial charge in [-0.15, -0.1) is 0 Å². The summed E-state index contributed by atoms with van der Waals surface area (Å²) in [6.07, 6.45) is 1.48. The van der Waals surface area contributed by atoms with Gasteiger partial charge in [-0.1, -0.05) is 70.2 Å². The van der Waals surface area contributed by atoms with Crippen LogP contribution in [0.4, 0.5) is 0 Å². The number of carbonyl (C=O) groups is 3. The van der Waals surface area contributed by atoms with Gasteiger partial charge in [-0.05, 0) is 47.4 Å². The van der Waals surface area contributed by atoms with E-state index >= 15 is 0 Å². The molecule has 0 heterocycles. The smallest absolute Gasteiger partial charge is 0.469 e. The average Bonchev–Trinajstić information content (AvgIpc) is 2.78. The molecule has 11 heteroatoms. The molecule has 0 aliphatic carbocycles. The van der Waals surface area contributed by atoms with Crippen LogP contribution in [-0.4, -0.2) is 63.3 Å². The number of nitrogens with one attached hydrogen (secondary N) is 1. The molecule has 0 saturated heterocycles. The van der Waals surface area contributed by atoms with Crippen LogP contribution in [0.15, 0.2) is 42.5 Å². The Morgan fingerprint density at radius 1 is 0.865 bits per heavy atom. The molecule has 10 nitrogen and oxygen atoms in total. The molecule has 0 fully saturated rings. The second-order valence-corrected chi connectivity index (χ2v) is 9.72. The van der Waals surface area contributed by atoms with E-state index in [1.165, 1.54) is 6.92 Å². The molecule has 0 aromatic heterocycles. The number of hydrogen-bond donors (Lipinski definition) is 7. The molecule has 0 aliphatic rings. The first-order valence-corrected chi connectivity index (χ1v) is 12.2. The molecule has 3 atom stereocenters. The Morgan fingerprint density at radius 3 is 1.84 bits per heavy atom. The second-order valence-electron chi connectivity index (χ2n) is 9.72. The summed E-state index contributed by atoms with van der Waals surface area (Å²) in [5.41, 5.74) is 11.8. The van der Waals surface area contributed by atoms with Crippen molar-refractivity contribution in [3.63, 3.8) is 0 Å². The van der Waals surface area contributed by atoms with E-state index in [0.717, 1.165) is 16.3 Å². The number of amides is 1. The van der Waals surface area contributed by atoms with E-state index in [2.05, 4.69) is 5.32 Å². The number of hydrogen-bond acceptors (Lipinski definition) is 7. The molecule has 0 aliphatic heterocycles. The molecule has 0 saturated carbocycles. The van der Waals surface area contributed by atoms with Crippen molar-refractivity contribution in [2.45, 2.75) is 71.9 Å². The van der Waals surface area contributed by atoms with E-state index in [9.17, 15) is 14.4 Å². The maximum atomic E-state index is 10.7. The Bertz CT molecular complexity index is 980. The first kappa shape index (κ1) is 34.0. The minimum absolute atomic E-state index is 0.262. The molecule has 1 amide bonds. The molecule has 0 bridgehead atoms. The van der Waals surface area contributed by atoms with E-state index in [0.29, 0.717) is 25.2 Å². The molecule has 2 aromatic carbocycles. The first-order chi connectivity index (χ1) is 17.1. The zero-order chi connectivity index (χ0) is 28.7. The van der Waals surface area contributed by atoms with Crippen molar-refractivity contribution >= 4 is 35.7 Å². The van der Waals surface area contributed by atoms with Crippen LogP contribution in [0.5, 0.6) is 0 Å². The van der Waals surface area contributed by atoms with Gasteiger partial charge in [0, 0.05) is 12.9 Å². The summed E-state index contributed by atoms with van der Waals surface area (Å²) in [5, 5.41) is 39.0. The van der Waals surface area contributed by atoms with Gasteiger partial charge in [-0.2, -0.15) is 0 Å². The first-order valence-electron chi connectivity index (χ1n) is 12.2. The van der Waals surface area contributed by atoms with E-state index in [4.69, 9.17) is 31.7 Å². The van der Waals surface area contributed by atoms with E-state index < -0.39 is 37.1 Å². The van der Waals surface area contributed by atoms with Crippen molar-refractivity contribution in [1.29, 1.82) is 0 Å². The molecule has 206 valence electrons. The van der Waals surface area contributed by atoms with Gasteiger partial charge >= 0.3 is 19.1 Å². The SMILES string of the molecule is CC(=O)N[C@@H](CC(C)C)C(=O)O.CC(C)C[C@H](N)B(O)O.N[C@@H](Cc1cccc2ccccc12)C(=O)O. The van der Waals surface area contributed by atoms with Crippen molar-refractivity contribution in [1.82, 2.24) is 5.32 Å². The van der Waals surface area contributed by atoms with Gasteiger partial charge < -0.3 is 37.0 Å². The Hall–Kier alpha value is -2.99. The molecule has 0 radical (unpaired) electrons. The zero-order valence-corrected chi connectivity index (χ0v) is 22.3. The lowest BCUT2D eigenvalue weighted by Gasteiger charge is -2.14. The third-order valence-electron chi connectivity index (χ3n) is 5.15. The Labute approximate surface area is 219 Å². The fourth-order valence-corrected chi connectivity index (χ4v) is 3.40. The third kappa shape index (κ3) is 15.0. The Balaban J connectivity index is 0.000000553. The van der Waals surface area contributed by atoms with Gasteiger partial charge in [0.15, 0.2) is 0 Å². The molecular weight excluding hydrogens is 477 g/mol. The number of rotatable bonds is 10. The van der Waals surface area contributed by atoms with Crippen molar-refractivity contribution in [3.05, 3.63) is 48.0 Å². The van der Waals surface area contributed by atoms with Crippen LogP contribution < -0.4 is 16.8 Å². The zero-order valence-electron chi connectivity index (χ0n) is 22.3. The molecule has 0 unspecified atom stereocenters. The Morgan fingerprint density at radius 2 is 1.41 bits per heavy atom. The van der Waals surface area contributed by atoms with Crippen LogP contribution in [0.3, 0.4) is 0 Å². The van der Waals surface area contributed by atoms with Crippen molar-refractivity contribution in [2.24, 2.45) is 23.3 Å². The largest absolute Gasteiger partial charge is 0.480 e. The maximum Gasteiger partial charge on any atom is 0.469 e. The predicted molar refractivity (Wildman–Crippen MR) is 146 cm³/mol. The van der Waals surface area contributed by atoms with Crippen LogP contribution in [-0.2, 0) is 20.8 Å². The molecule has 37 heavy (non-hydrogen) atoms. The van der Waals surface area contributed by atoms with Gasteiger partial charge in [0.1, 0.15) is 12.1 Å². The summed E-state index contributed by atoms with van der Waals surface area (Å²) >= 11 is 0. The number of benzene rings is 2. The minimum Gasteiger partial charge on any atom is -0.480 e. The lowest BCUT2D eigenvalue weighted by Crippen LogP contribution is -2.40. The van der Waals surface area contributed by atoms with E-state index in [1.54, 1.807) is 0 Å². The quantitative estimate of drug-likeness (QED) is 0.229. The number of carboxylic acid groups (broad SMARTS) is 2. The maximum absolute atomic E-state index is 10.7. The number of nitrogens with two attached hydrogens (primary N) is 2. The average molecular weight is 519 g/mol. The standard InChI is InChI=1S/C13H13NO2.C8H15NO3.C5H14BNO2/c14-12(13(15)16)8-10-6-3-5-9-4-1-2-7-11(9)10;1-5(2)4-7(8(11)12)9-6(3)10;1-4(2)3-5(7)6(8)9/h1-7,12H,8,14H2,(H,15,16);5,7H,4H2,1-3H3,(H,9,10)(H,11,12);4-5,8-9H,3,7H2,1-2H3/t12-;7-;5-/m000/s1. The van der Waals surface area contributed by atoms with E-state index in [1.807, 2.05) is 70.2 Å². The normalized spacial score (nSPS) is 12.9. The molecular formula is C26H42BN3O7. The van der Waals surface area contributed by atoms with Crippen LogP contribution >= 0.6 is 0 Å². The van der Waals surface area contributed by atoms with Crippen molar-refractivity contribution in [3.8, 4) is 0 Å². The van der Waals surface area contributed by atoms with Gasteiger partial charge in [0.2, 0.25) is 5.91 Å². The summed E-state index contributed by atoms with van der Waals surface area (Å²) in [7, 11) is -1.37. The fourth-order valence-electron chi connectivity index (χ4n) is 3.40. The third-order valence-corrected chi connectivity index (χ3v) is 5.15. The molecule has 2 rings (SSSR count). The number of aliphatic carboxylic acids is 2. The number of carboxylic acids is 2. The van der Waals surface area contributed by atoms with Crippen LogP contribution in [0.1, 0.15) is 53.0 Å². The highest BCUT2D eigenvalue weighted by molar-refractivity contribution is 6.43. The molecule has 9 N–H and O–H groups in total. The highest BCUT2D eigenvalue weighted by atomic mass is 16.4. The molecule has 0 spiro atoms. The molecule has 2 aromatic rings. The summed E-state index contributed by atoms with van der Waals surface area (Å²) in [6, 6.07) is 12.2. The fraction of sp³-hybridized carbons (Fsp3) is 0.500. The van der Waals surface area contributed by atoms with Crippen LogP contribution in [0.2, 0.25) is 0 Å². The summed E-state index contributed by atoms with van der Waals surface area (Å²) in [5.74, 6) is -2.06. The van der Waals surface area contributed by atoms with Crippen LogP contribution in [0.25, 0.3) is 10.8 Å². The van der Waals surface area contributed by atoms with Gasteiger partial charge in [-0.25, -0.2) is 4.79 Å². The predicted octanol–water partition coefficient (Wildman–Crippen LogP) is 1.79. The Kier molecular flexibility index (Phi) is 16.1. The lowest BCUT2D eigenvalue weighted by atomic mass is 9.76. The van der Waals surface area contributed by atoms with Gasteiger partial charge in [-0.3, -0.25) is 9.59 Å². The van der Waals surface area contributed by atoms with Gasteiger partial charge in [0.25, 0.3) is 0 Å². The topological polar surface area (TPSA) is 196 Å². The van der Waals surface area contributed by atoms with Crippen molar-refractivity contribution in [2.75, 3.05) is 0 Å². The van der Waals surface area contributed by atoms with Crippen molar-refractivity contribution < 1.29 is 34.6 Å². The summed E-state index contributed by atoms with van der Waals surface area (Å²) < 4.78 is 0.